The monoisotopic (exact) mass is 389 g/mol. The molecule has 1 aromatic heterocycles. The molecule has 0 fully saturated rings. The topological polar surface area (TPSA) is 53.4 Å². The molecule has 150 valence electrons. The van der Waals surface area contributed by atoms with Crippen molar-refractivity contribution in [2.24, 2.45) is 0 Å². The number of anilines is 1. The fraction of sp³-hybridized carbons (Fsp3) is 0.304. The Morgan fingerprint density at radius 1 is 1.17 bits per heavy atom. The van der Waals surface area contributed by atoms with Crippen molar-refractivity contribution < 1.29 is 4.79 Å². The Morgan fingerprint density at radius 3 is 2.76 bits per heavy atom. The SMILES string of the molecule is CC1Cc2ccccc2N1CCNC(=O)N(C)Cc1cnn(-c2ccccc2)c1. The van der Waals surface area contributed by atoms with Crippen molar-refractivity contribution in [1.82, 2.24) is 20.0 Å². The van der Waals surface area contributed by atoms with Crippen LogP contribution >= 0.6 is 0 Å². The van der Waals surface area contributed by atoms with Crippen LogP contribution in [0, 0.1) is 0 Å². The quantitative estimate of drug-likeness (QED) is 0.702. The standard InChI is InChI=1S/C23H27N5O/c1-18-14-20-8-6-7-11-22(20)27(18)13-12-24-23(29)26(2)16-19-15-25-28(17-19)21-9-4-3-5-10-21/h3-11,15,17-18H,12-14,16H2,1-2H3,(H,24,29). The minimum atomic E-state index is -0.0717. The normalized spacial score (nSPS) is 15.2. The Labute approximate surface area is 171 Å². The number of amides is 2. The van der Waals surface area contributed by atoms with Gasteiger partial charge in [0, 0.05) is 43.6 Å². The van der Waals surface area contributed by atoms with E-state index in [1.54, 1.807) is 11.1 Å². The van der Waals surface area contributed by atoms with Crippen LogP contribution in [0.1, 0.15) is 18.1 Å². The van der Waals surface area contributed by atoms with Crippen LogP contribution in [0.4, 0.5) is 10.5 Å². The first kappa shape index (κ1) is 19.1. The maximum atomic E-state index is 12.5. The van der Waals surface area contributed by atoms with Gasteiger partial charge in [-0.1, -0.05) is 36.4 Å². The van der Waals surface area contributed by atoms with Gasteiger partial charge in [0.1, 0.15) is 0 Å². The van der Waals surface area contributed by atoms with Crippen molar-refractivity contribution in [1.29, 1.82) is 0 Å². The molecule has 1 atom stereocenters. The molecule has 1 aliphatic heterocycles. The van der Waals surface area contributed by atoms with E-state index >= 15 is 0 Å². The summed E-state index contributed by atoms with van der Waals surface area (Å²) in [5.74, 6) is 0. The van der Waals surface area contributed by atoms with E-state index in [-0.39, 0.29) is 6.03 Å². The molecule has 0 aliphatic carbocycles. The Kier molecular flexibility index (Phi) is 5.51. The number of nitrogens with one attached hydrogen (secondary N) is 1. The molecule has 1 N–H and O–H groups in total. The van der Waals surface area contributed by atoms with Crippen LogP contribution in [0.3, 0.4) is 0 Å². The number of hydrogen-bond acceptors (Lipinski definition) is 3. The number of urea groups is 1. The molecule has 6 nitrogen and oxygen atoms in total. The van der Waals surface area contributed by atoms with Gasteiger partial charge in [-0.15, -0.1) is 0 Å². The zero-order valence-corrected chi connectivity index (χ0v) is 17.0. The molecule has 0 saturated heterocycles. The van der Waals surface area contributed by atoms with Gasteiger partial charge in [-0.2, -0.15) is 5.10 Å². The molecule has 2 aromatic carbocycles. The number of para-hydroxylation sites is 2. The van der Waals surface area contributed by atoms with E-state index in [1.165, 1.54) is 11.3 Å². The van der Waals surface area contributed by atoms with Gasteiger partial charge in [-0.3, -0.25) is 0 Å². The second-order valence-corrected chi connectivity index (χ2v) is 7.59. The minimum absolute atomic E-state index is 0.0717. The highest BCUT2D eigenvalue weighted by Gasteiger charge is 2.25. The van der Waals surface area contributed by atoms with Crippen LogP contribution < -0.4 is 10.2 Å². The Bertz CT molecular complexity index is 968. The van der Waals surface area contributed by atoms with E-state index in [9.17, 15) is 4.79 Å². The van der Waals surface area contributed by atoms with Gasteiger partial charge in [0.2, 0.25) is 0 Å². The molecule has 29 heavy (non-hydrogen) atoms. The van der Waals surface area contributed by atoms with Gasteiger partial charge >= 0.3 is 6.03 Å². The lowest BCUT2D eigenvalue weighted by Gasteiger charge is -2.25. The van der Waals surface area contributed by atoms with Crippen molar-refractivity contribution in [2.75, 3.05) is 25.0 Å². The Hall–Kier alpha value is -3.28. The fourth-order valence-electron chi connectivity index (χ4n) is 3.90. The highest BCUT2D eigenvalue weighted by Crippen LogP contribution is 2.31. The van der Waals surface area contributed by atoms with E-state index in [2.05, 4.69) is 46.5 Å². The minimum Gasteiger partial charge on any atom is -0.367 e. The highest BCUT2D eigenvalue weighted by molar-refractivity contribution is 5.74. The first-order valence-corrected chi connectivity index (χ1v) is 10.0. The number of carbonyl (C=O) groups excluding carboxylic acids is 1. The van der Waals surface area contributed by atoms with Crippen LogP contribution in [0.15, 0.2) is 67.0 Å². The molecular weight excluding hydrogens is 362 g/mol. The first-order chi connectivity index (χ1) is 14.1. The lowest BCUT2D eigenvalue weighted by Crippen LogP contribution is -2.42. The summed E-state index contributed by atoms with van der Waals surface area (Å²) in [6.07, 6.45) is 4.83. The first-order valence-electron chi connectivity index (χ1n) is 10.0. The van der Waals surface area contributed by atoms with E-state index in [0.717, 1.165) is 24.2 Å². The second-order valence-electron chi connectivity index (χ2n) is 7.59. The summed E-state index contributed by atoms with van der Waals surface area (Å²) in [5.41, 5.74) is 4.68. The summed E-state index contributed by atoms with van der Waals surface area (Å²) in [7, 11) is 1.81. The summed E-state index contributed by atoms with van der Waals surface area (Å²) in [6.45, 7) is 4.18. The van der Waals surface area contributed by atoms with Gasteiger partial charge < -0.3 is 15.1 Å². The summed E-state index contributed by atoms with van der Waals surface area (Å²) in [6, 6.07) is 18.9. The molecule has 2 heterocycles. The zero-order chi connectivity index (χ0) is 20.2. The van der Waals surface area contributed by atoms with Crippen LogP contribution in [0.25, 0.3) is 5.69 Å². The van der Waals surface area contributed by atoms with E-state index in [0.29, 0.717) is 19.1 Å². The summed E-state index contributed by atoms with van der Waals surface area (Å²) in [5, 5.41) is 7.43. The molecule has 2 amide bonds. The number of carbonyl (C=O) groups is 1. The van der Waals surface area contributed by atoms with E-state index in [1.807, 2.05) is 48.3 Å². The predicted octanol–water partition coefficient (Wildman–Crippen LogP) is 3.46. The third kappa shape index (κ3) is 4.26. The van der Waals surface area contributed by atoms with Gasteiger partial charge in [-0.25, -0.2) is 9.48 Å². The van der Waals surface area contributed by atoms with E-state index in [4.69, 9.17) is 0 Å². The molecule has 4 rings (SSSR count). The van der Waals surface area contributed by atoms with Gasteiger partial charge in [0.15, 0.2) is 0 Å². The van der Waals surface area contributed by atoms with Crippen molar-refractivity contribution in [3.05, 3.63) is 78.1 Å². The smallest absolute Gasteiger partial charge is 0.317 e. The summed E-state index contributed by atoms with van der Waals surface area (Å²) < 4.78 is 1.83. The molecule has 6 heteroatoms. The lowest BCUT2D eigenvalue weighted by atomic mass is 10.1. The number of benzene rings is 2. The van der Waals surface area contributed by atoms with Crippen LogP contribution in [0.2, 0.25) is 0 Å². The molecular formula is C23H27N5O. The van der Waals surface area contributed by atoms with Gasteiger partial charge in [0.25, 0.3) is 0 Å². The van der Waals surface area contributed by atoms with Crippen LogP contribution in [-0.2, 0) is 13.0 Å². The van der Waals surface area contributed by atoms with Crippen molar-refractivity contribution in [3.63, 3.8) is 0 Å². The van der Waals surface area contributed by atoms with Gasteiger partial charge in [0.05, 0.1) is 18.4 Å². The number of fused-ring (bicyclic) bond motifs is 1. The third-order valence-electron chi connectivity index (χ3n) is 5.40. The summed E-state index contributed by atoms with van der Waals surface area (Å²) in [4.78, 5) is 16.6. The molecule has 0 bridgehead atoms. The number of nitrogens with zero attached hydrogens (tertiary/aromatic N) is 4. The average molecular weight is 390 g/mol. The third-order valence-corrected chi connectivity index (χ3v) is 5.40. The average Bonchev–Trinajstić information content (AvgIpc) is 3.33. The Balaban J connectivity index is 1.28. The van der Waals surface area contributed by atoms with Crippen molar-refractivity contribution >= 4 is 11.7 Å². The maximum absolute atomic E-state index is 12.5. The molecule has 1 aliphatic rings. The maximum Gasteiger partial charge on any atom is 0.317 e. The molecule has 0 saturated carbocycles. The summed E-state index contributed by atoms with van der Waals surface area (Å²) >= 11 is 0. The van der Waals surface area contributed by atoms with Gasteiger partial charge in [-0.05, 0) is 37.1 Å². The van der Waals surface area contributed by atoms with Crippen molar-refractivity contribution in [3.8, 4) is 5.69 Å². The largest absolute Gasteiger partial charge is 0.367 e. The number of hydrogen-bond donors (Lipinski definition) is 1. The molecule has 1 unspecified atom stereocenters. The van der Waals surface area contributed by atoms with Crippen LogP contribution in [0.5, 0.6) is 0 Å². The predicted molar refractivity (Wildman–Crippen MR) is 115 cm³/mol. The fourth-order valence-corrected chi connectivity index (χ4v) is 3.90. The Morgan fingerprint density at radius 2 is 1.93 bits per heavy atom. The highest BCUT2D eigenvalue weighted by atomic mass is 16.2. The van der Waals surface area contributed by atoms with Crippen LogP contribution in [-0.4, -0.2) is 46.9 Å². The molecule has 3 aromatic rings. The number of aromatic nitrogens is 2. The number of rotatable bonds is 6. The zero-order valence-electron chi connectivity index (χ0n) is 17.0. The van der Waals surface area contributed by atoms with E-state index < -0.39 is 0 Å². The second kappa shape index (κ2) is 8.39. The van der Waals surface area contributed by atoms with Crippen molar-refractivity contribution in [2.45, 2.75) is 25.9 Å². The molecule has 0 spiro atoms. The lowest BCUT2D eigenvalue weighted by molar-refractivity contribution is 0.207. The molecule has 0 radical (unpaired) electrons.